The van der Waals surface area contributed by atoms with Crippen molar-refractivity contribution in [3.8, 4) is 5.69 Å². The first-order valence-corrected chi connectivity index (χ1v) is 16.2. The molecule has 0 bridgehead atoms. The van der Waals surface area contributed by atoms with Crippen molar-refractivity contribution in [1.82, 2.24) is 9.55 Å². The van der Waals surface area contributed by atoms with E-state index >= 15 is 0 Å². The molecule has 0 aliphatic carbocycles. The number of rotatable bonds is 2. The molecule has 1 N–H and O–H groups in total. The third-order valence-electron chi connectivity index (χ3n) is 7.71. The number of hydrogen-bond acceptors (Lipinski definition) is 3. The number of aliphatic hydroxyl groups is 1. The summed E-state index contributed by atoms with van der Waals surface area (Å²) in [7, 11) is 0. The third-order valence-corrected chi connectivity index (χ3v) is 10.2. The molecule has 0 amide bonds. The number of ketones is 1. The molecule has 4 nitrogen and oxygen atoms in total. The molecule has 6 heteroatoms. The van der Waals surface area contributed by atoms with Crippen molar-refractivity contribution in [3.63, 3.8) is 0 Å². The molecule has 0 aliphatic rings. The Bertz CT molecular complexity index is 2180. The SMILES string of the molecule is CC(C)(C)C(=O)/C=C(\O)C(C)(C)C.[Ir].[c-]1cc2ccccc2c2[se]c3cccc4c3c3c(nccc3n4-c3ccccc3)c12. The summed E-state index contributed by atoms with van der Waals surface area (Å²) in [4.78, 5) is 16.4. The van der Waals surface area contributed by atoms with Crippen LogP contribution in [0.4, 0.5) is 0 Å². The van der Waals surface area contributed by atoms with Crippen molar-refractivity contribution in [2.24, 2.45) is 10.8 Å². The number of aliphatic hydroxyl groups excluding tert-OH is 1. The van der Waals surface area contributed by atoms with Gasteiger partial charge in [-0.15, -0.1) is 0 Å². The maximum absolute atomic E-state index is 11.5. The average molecular weight is 823 g/mol. The van der Waals surface area contributed by atoms with E-state index in [4.69, 9.17) is 4.98 Å². The zero-order chi connectivity index (χ0) is 30.5. The summed E-state index contributed by atoms with van der Waals surface area (Å²) in [6, 6.07) is 33.9. The van der Waals surface area contributed by atoms with Gasteiger partial charge in [-0.2, -0.15) is 0 Å². The van der Waals surface area contributed by atoms with Gasteiger partial charge in [0, 0.05) is 37.0 Å². The molecular formula is C38H35IrN2O2Se-. The van der Waals surface area contributed by atoms with Gasteiger partial charge in [0.2, 0.25) is 0 Å². The van der Waals surface area contributed by atoms with E-state index in [1.165, 1.54) is 52.9 Å². The Morgan fingerprint density at radius 1 is 0.841 bits per heavy atom. The molecule has 0 fully saturated rings. The molecule has 7 rings (SSSR count). The van der Waals surface area contributed by atoms with Crippen molar-refractivity contribution in [3.05, 3.63) is 109 Å². The van der Waals surface area contributed by atoms with E-state index in [2.05, 4.69) is 95.6 Å². The summed E-state index contributed by atoms with van der Waals surface area (Å²) < 4.78 is 5.18. The number of allylic oxidation sites excluding steroid dienone is 2. The van der Waals surface area contributed by atoms with E-state index in [1.807, 2.05) is 47.7 Å². The van der Waals surface area contributed by atoms with Gasteiger partial charge < -0.3 is 5.11 Å². The molecule has 3 aromatic heterocycles. The van der Waals surface area contributed by atoms with E-state index in [9.17, 15) is 9.90 Å². The predicted octanol–water partition coefficient (Wildman–Crippen LogP) is 9.58. The number of para-hydroxylation sites is 1. The molecule has 0 saturated carbocycles. The van der Waals surface area contributed by atoms with Gasteiger partial charge in [-0.3, -0.25) is 4.79 Å². The number of carbonyl (C=O) groups is 1. The van der Waals surface area contributed by atoms with Crippen LogP contribution >= 0.6 is 0 Å². The summed E-state index contributed by atoms with van der Waals surface area (Å²) in [5.74, 6) is 0.104. The van der Waals surface area contributed by atoms with Gasteiger partial charge in [-0.1, -0.05) is 41.5 Å². The van der Waals surface area contributed by atoms with Crippen molar-refractivity contribution in [1.29, 1.82) is 0 Å². The van der Waals surface area contributed by atoms with Gasteiger partial charge in [0.25, 0.3) is 0 Å². The summed E-state index contributed by atoms with van der Waals surface area (Å²) >= 11 is 0.169. The molecule has 7 aromatic rings. The van der Waals surface area contributed by atoms with Gasteiger partial charge >= 0.3 is 179 Å². The number of benzene rings is 4. The Hall–Kier alpha value is -3.53. The number of hydrogen-bond donors (Lipinski definition) is 1. The molecule has 0 atom stereocenters. The van der Waals surface area contributed by atoms with Crippen molar-refractivity contribution >= 4 is 72.3 Å². The Morgan fingerprint density at radius 3 is 2.23 bits per heavy atom. The van der Waals surface area contributed by atoms with E-state index < -0.39 is 5.41 Å². The second kappa shape index (κ2) is 12.1. The van der Waals surface area contributed by atoms with E-state index in [-0.39, 0.29) is 51.6 Å². The van der Waals surface area contributed by atoms with Gasteiger partial charge in [0.15, 0.2) is 5.78 Å². The summed E-state index contributed by atoms with van der Waals surface area (Å²) in [6.45, 7) is 11.1. The summed E-state index contributed by atoms with van der Waals surface area (Å²) in [5.41, 5.74) is 3.93. The van der Waals surface area contributed by atoms with Crippen LogP contribution in [0, 0.1) is 16.9 Å². The first-order chi connectivity index (χ1) is 20.4. The van der Waals surface area contributed by atoms with Crippen LogP contribution in [-0.4, -0.2) is 34.9 Å². The van der Waals surface area contributed by atoms with Crippen LogP contribution < -0.4 is 0 Å². The number of nitrogens with zero attached hydrogens (tertiary/aromatic N) is 2. The normalized spacial score (nSPS) is 12.5. The Labute approximate surface area is 277 Å². The minimum atomic E-state index is -0.417. The van der Waals surface area contributed by atoms with Crippen molar-refractivity contribution < 1.29 is 30.0 Å². The maximum atomic E-state index is 11.5. The van der Waals surface area contributed by atoms with Crippen LogP contribution in [0.3, 0.4) is 0 Å². The summed E-state index contributed by atoms with van der Waals surface area (Å²) in [6.07, 6.45) is 3.28. The minimum absolute atomic E-state index is 0. The topological polar surface area (TPSA) is 55.1 Å². The number of fused-ring (bicyclic) bond motifs is 4. The molecular weight excluding hydrogens is 788 g/mol. The quantitative estimate of drug-likeness (QED) is 0.0819. The first-order valence-electron chi connectivity index (χ1n) is 14.5. The van der Waals surface area contributed by atoms with Crippen LogP contribution in [0.25, 0.3) is 57.7 Å². The number of pyridine rings is 1. The van der Waals surface area contributed by atoms with Gasteiger partial charge in [-0.25, -0.2) is 0 Å². The van der Waals surface area contributed by atoms with Gasteiger partial charge in [0.05, 0.1) is 0 Å². The third kappa shape index (κ3) is 5.80. The fourth-order valence-electron chi connectivity index (χ4n) is 5.23. The van der Waals surface area contributed by atoms with Crippen LogP contribution in [0.2, 0.25) is 0 Å². The number of carbonyl (C=O) groups excluding carboxylic acids is 1. The molecule has 4 aromatic carbocycles. The molecule has 44 heavy (non-hydrogen) atoms. The zero-order valence-electron chi connectivity index (χ0n) is 25.7. The molecule has 0 unspecified atom stereocenters. The first kappa shape index (κ1) is 31.9. The van der Waals surface area contributed by atoms with E-state index in [0.717, 1.165) is 10.9 Å². The molecule has 1 radical (unpaired) electrons. The Kier molecular flexibility index (Phi) is 8.77. The van der Waals surface area contributed by atoms with Gasteiger partial charge in [-0.05, 0) is 0 Å². The van der Waals surface area contributed by atoms with Crippen LogP contribution in [0.15, 0.2) is 103 Å². The number of aromatic nitrogens is 2. The molecule has 225 valence electrons. The monoisotopic (exact) mass is 824 g/mol. The van der Waals surface area contributed by atoms with Gasteiger partial charge in [0.1, 0.15) is 5.76 Å². The van der Waals surface area contributed by atoms with E-state index in [1.54, 1.807) is 0 Å². The van der Waals surface area contributed by atoms with Crippen molar-refractivity contribution in [2.75, 3.05) is 0 Å². The molecule has 0 saturated heterocycles. The van der Waals surface area contributed by atoms with Crippen LogP contribution in [0.1, 0.15) is 41.5 Å². The fourth-order valence-corrected chi connectivity index (χ4v) is 7.81. The molecule has 3 heterocycles. The van der Waals surface area contributed by atoms with Crippen LogP contribution in [-0.2, 0) is 24.9 Å². The second-order valence-corrected chi connectivity index (χ2v) is 15.2. The zero-order valence-corrected chi connectivity index (χ0v) is 29.8. The standard InChI is InChI=1S/C27H15N2Se.C11H20O2.Ir/c1-2-8-18(9-3-1)29-21-11-6-12-23-24(21)25-22(29)15-16-28-26(25)20-14-13-17-7-4-5-10-19(17)27(20)30-23;1-10(2,3)8(12)7-9(13)11(4,5)6;/h1-13,15-16H;7,12H,1-6H3;/q-1;;/b;8-7-;. The Balaban J connectivity index is 0.000000237. The fraction of sp³-hybridized carbons (Fsp3) is 0.211. The van der Waals surface area contributed by atoms with E-state index in [0.29, 0.717) is 0 Å². The molecule has 0 aliphatic heterocycles. The van der Waals surface area contributed by atoms with Crippen LogP contribution in [0.5, 0.6) is 0 Å². The average Bonchev–Trinajstić information content (AvgIpc) is 3.24. The molecule has 0 spiro atoms. The Morgan fingerprint density at radius 2 is 1.52 bits per heavy atom. The predicted molar refractivity (Wildman–Crippen MR) is 181 cm³/mol. The summed E-state index contributed by atoms with van der Waals surface area (Å²) in [5, 5.41) is 15.9. The second-order valence-electron chi connectivity index (χ2n) is 13.0. The van der Waals surface area contributed by atoms with Crippen molar-refractivity contribution in [2.45, 2.75) is 41.5 Å².